The minimum Gasteiger partial charge on any atom is -0.478 e. The van der Waals surface area contributed by atoms with Gasteiger partial charge in [-0.05, 0) is 65.6 Å². The van der Waals surface area contributed by atoms with Crippen LogP contribution < -0.4 is 0 Å². The number of carboxylic acids is 2. The zero-order chi connectivity index (χ0) is 35.6. The van der Waals surface area contributed by atoms with Gasteiger partial charge < -0.3 is 15.1 Å². The van der Waals surface area contributed by atoms with Gasteiger partial charge in [0.2, 0.25) is 0 Å². The summed E-state index contributed by atoms with van der Waals surface area (Å²) in [5.41, 5.74) is 7.85. The van der Waals surface area contributed by atoms with Crippen LogP contribution in [0.4, 0.5) is 0 Å². The molecule has 1 aliphatic rings. The molecule has 0 spiro atoms. The number of hydrogen-bond acceptors (Lipinski definition) is 5. The number of amides is 1. The molecule has 50 heavy (non-hydrogen) atoms. The molecule has 0 radical (unpaired) electrons. The fourth-order valence-electron chi connectivity index (χ4n) is 6.20. The van der Waals surface area contributed by atoms with E-state index >= 15 is 0 Å². The number of halogens is 2. The van der Waals surface area contributed by atoms with Crippen LogP contribution in [0.3, 0.4) is 0 Å². The van der Waals surface area contributed by atoms with E-state index in [-0.39, 0.29) is 11.8 Å². The molecule has 2 N–H and O–H groups in total. The first kappa shape index (κ1) is 36.3. The molecule has 256 valence electrons. The zero-order valence-corrected chi connectivity index (χ0v) is 29.0. The van der Waals surface area contributed by atoms with Crippen LogP contribution >= 0.6 is 23.2 Å². The zero-order valence-electron chi connectivity index (χ0n) is 27.5. The topological polar surface area (TPSA) is 111 Å². The Kier molecular flexibility index (Phi) is 12.4. The number of carbonyl (C=O) groups is 3. The predicted molar refractivity (Wildman–Crippen MR) is 198 cm³/mol. The summed E-state index contributed by atoms with van der Waals surface area (Å²) in [5, 5.41) is 17.9. The van der Waals surface area contributed by atoms with Crippen LogP contribution in [0, 0.1) is 0 Å². The summed E-state index contributed by atoms with van der Waals surface area (Å²) >= 11 is 12.7. The number of nitrogens with zero attached hydrogens (tertiary/aromatic N) is 3. The molecular weight excluding hydrogens is 673 g/mol. The molecule has 1 aromatic heterocycles. The van der Waals surface area contributed by atoms with Gasteiger partial charge in [0.05, 0.1) is 15.6 Å². The first-order valence-electron chi connectivity index (χ1n) is 16.2. The third-order valence-corrected chi connectivity index (χ3v) is 9.37. The van der Waals surface area contributed by atoms with Crippen molar-refractivity contribution in [1.82, 2.24) is 14.8 Å². The average Bonchev–Trinajstić information content (AvgIpc) is 3.13. The summed E-state index contributed by atoms with van der Waals surface area (Å²) in [6.45, 7) is 3.25. The van der Waals surface area contributed by atoms with Crippen molar-refractivity contribution in [2.75, 3.05) is 26.7 Å². The minimum atomic E-state index is -1.26. The largest absolute Gasteiger partial charge is 0.478 e. The highest BCUT2D eigenvalue weighted by atomic mass is 35.5. The summed E-state index contributed by atoms with van der Waals surface area (Å²) in [7, 11) is 1.87. The van der Waals surface area contributed by atoms with Gasteiger partial charge in [-0.3, -0.25) is 14.7 Å². The first-order chi connectivity index (χ1) is 24.1. The first-order valence-corrected chi connectivity index (χ1v) is 16.9. The molecule has 8 nitrogen and oxygen atoms in total. The monoisotopic (exact) mass is 709 g/mol. The molecule has 5 aromatic rings. The van der Waals surface area contributed by atoms with E-state index in [4.69, 9.17) is 38.4 Å². The van der Waals surface area contributed by atoms with E-state index in [1.54, 1.807) is 0 Å². The summed E-state index contributed by atoms with van der Waals surface area (Å²) < 4.78 is 0. The molecule has 1 atom stereocenters. The Bertz CT molecular complexity index is 1990. The smallest absolute Gasteiger partial charge is 0.328 e. The maximum absolute atomic E-state index is 13.2. The van der Waals surface area contributed by atoms with Crippen molar-refractivity contribution in [3.63, 3.8) is 0 Å². The normalized spacial score (nSPS) is 13.3. The van der Waals surface area contributed by atoms with E-state index in [1.165, 1.54) is 27.8 Å². The Labute approximate surface area is 301 Å². The van der Waals surface area contributed by atoms with Gasteiger partial charge in [-0.25, -0.2) is 9.59 Å². The van der Waals surface area contributed by atoms with E-state index < -0.39 is 11.9 Å². The molecule has 10 heteroatoms. The number of rotatable bonds is 10. The number of fused-ring (bicyclic) bond motifs is 2. The van der Waals surface area contributed by atoms with Gasteiger partial charge in [-0.1, -0.05) is 96.0 Å². The van der Waals surface area contributed by atoms with Crippen molar-refractivity contribution in [3.8, 4) is 11.1 Å². The van der Waals surface area contributed by atoms with Crippen LogP contribution in [0.5, 0.6) is 0 Å². The lowest BCUT2D eigenvalue weighted by Gasteiger charge is -2.32. The summed E-state index contributed by atoms with van der Waals surface area (Å²) in [6.07, 6.45) is 2.90. The van der Waals surface area contributed by atoms with E-state index in [9.17, 15) is 14.4 Å². The number of carbonyl (C=O) groups excluding carboxylic acids is 1. The van der Waals surface area contributed by atoms with Crippen LogP contribution in [-0.2, 0) is 22.6 Å². The van der Waals surface area contributed by atoms with Gasteiger partial charge in [0, 0.05) is 67.8 Å². The standard InChI is InChI=1S/C36H33Cl2N3O.C4H4O4/c1-40(36(42)26-12-6-3-7-13-26)23-28(27-16-17-31(37)32(38)22-27)18-20-41-21-19-34-30(24-41)35(25-10-4-2-5-11-25)29-14-8-9-15-33(29)39-34;5-3(6)1-2-4(7)8/h2-17,22,28H,18-21,23-24H2,1H3;1-2H,(H,5,6)(H,7,8)/b;2-1+. The van der Waals surface area contributed by atoms with Gasteiger partial charge in [0.1, 0.15) is 0 Å². The predicted octanol–water partition coefficient (Wildman–Crippen LogP) is 8.22. The second kappa shape index (κ2) is 17.1. The quantitative estimate of drug-likeness (QED) is 0.141. The number of aliphatic carboxylic acids is 2. The van der Waals surface area contributed by atoms with Gasteiger partial charge in [-0.15, -0.1) is 0 Å². The Morgan fingerprint density at radius 2 is 1.50 bits per heavy atom. The molecule has 1 aliphatic heterocycles. The van der Waals surface area contributed by atoms with Gasteiger partial charge in [0.15, 0.2) is 0 Å². The number of carboxylic acid groups (broad SMARTS) is 2. The van der Waals surface area contributed by atoms with Gasteiger partial charge >= 0.3 is 11.9 Å². The highest BCUT2D eigenvalue weighted by Gasteiger charge is 2.25. The van der Waals surface area contributed by atoms with E-state index in [1.807, 2.05) is 60.5 Å². The fraction of sp³-hybridized carbons (Fsp3) is 0.200. The SMILES string of the molecule is CN(CC(CCN1CCc2nc3ccccc3c(-c3ccccc3)c2C1)c1ccc(Cl)c(Cl)c1)C(=O)c1ccccc1.O=C(O)/C=C/C(=O)O. The third-order valence-electron chi connectivity index (χ3n) is 8.63. The number of aromatic nitrogens is 1. The highest BCUT2D eigenvalue weighted by molar-refractivity contribution is 6.42. The third kappa shape index (κ3) is 9.36. The van der Waals surface area contributed by atoms with Crippen molar-refractivity contribution >= 4 is 52.0 Å². The van der Waals surface area contributed by atoms with Crippen molar-refractivity contribution < 1.29 is 24.6 Å². The number of para-hydroxylation sites is 1. The Morgan fingerprint density at radius 1 is 0.860 bits per heavy atom. The number of benzene rings is 4. The van der Waals surface area contributed by atoms with Gasteiger partial charge in [0.25, 0.3) is 5.91 Å². The molecule has 4 aromatic carbocycles. The van der Waals surface area contributed by atoms with Crippen LogP contribution in [-0.4, -0.2) is 69.5 Å². The summed E-state index contributed by atoms with van der Waals surface area (Å²) in [4.78, 5) is 41.8. The van der Waals surface area contributed by atoms with Crippen molar-refractivity contribution in [2.24, 2.45) is 0 Å². The molecule has 0 bridgehead atoms. The molecule has 0 saturated carbocycles. The Balaban J connectivity index is 0.000000544. The van der Waals surface area contributed by atoms with E-state index in [0.29, 0.717) is 34.3 Å². The van der Waals surface area contributed by atoms with Crippen LogP contribution in [0.1, 0.15) is 39.5 Å². The van der Waals surface area contributed by atoms with E-state index in [2.05, 4.69) is 59.5 Å². The molecule has 0 fully saturated rings. The lowest BCUT2D eigenvalue weighted by Crippen LogP contribution is -2.35. The Morgan fingerprint density at radius 3 is 2.16 bits per heavy atom. The van der Waals surface area contributed by atoms with Crippen molar-refractivity contribution in [1.29, 1.82) is 0 Å². The van der Waals surface area contributed by atoms with Crippen LogP contribution in [0.25, 0.3) is 22.0 Å². The maximum atomic E-state index is 13.2. The summed E-state index contributed by atoms with van der Waals surface area (Å²) in [5.74, 6) is -2.40. The van der Waals surface area contributed by atoms with Gasteiger partial charge in [-0.2, -0.15) is 0 Å². The molecule has 1 unspecified atom stereocenters. The summed E-state index contributed by atoms with van der Waals surface area (Å²) in [6, 6.07) is 34.4. The highest BCUT2D eigenvalue weighted by Crippen LogP contribution is 2.36. The van der Waals surface area contributed by atoms with Crippen molar-refractivity contribution in [3.05, 3.63) is 148 Å². The maximum Gasteiger partial charge on any atom is 0.328 e. The second-order valence-electron chi connectivity index (χ2n) is 12.0. The molecule has 6 rings (SSSR count). The lowest BCUT2D eigenvalue weighted by molar-refractivity contribution is -0.134. The second-order valence-corrected chi connectivity index (χ2v) is 12.9. The molecular formula is C40H37Cl2N3O5. The molecule has 2 heterocycles. The van der Waals surface area contributed by atoms with Crippen LogP contribution in [0.15, 0.2) is 115 Å². The number of hydrogen-bond donors (Lipinski definition) is 2. The molecule has 0 saturated heterocycles. The number of likely N-dealkylation sites (N-methyl/N-ethyl adjacent to an activating group) is 1. The van der Waals surface area contributed by atoms with Crippen molar-refractivity contribution in [2.45, 2.75) is 25.3 Å². The number of pyridine rings is 1. The average molecular weight is 711 g/mol. The fourth-order valence-corrected chi connectivity index (χ4v) is 6.50. The van der Waals surface area contributed by atoms with Crippen LogP contribution in [0.2, 0.25) is 10.0 Å². The Hall–Kier alpha value is -5.02. The molecule has 1 amide bonds. The van der Waals surface area contributed by atoms with E-state index in [0.717, 1.165) is 43.6 Å². The lowest BCUT2D eigenvalue weighted by atomic mass is 9.90. The molecule has 0 aliphatic carbocycles. The minimum absolute atomic E-state index is 0.0121.